The Morgan fingerprint density at radius 1 is 0.938 bits per heavy atom. The van der Waals surface area contributed by atoms with Gasteiger partial charge < -0.3 is 9.47 Å². The number of methoxy groups -OCH3 is 2. The van der Waals surface area contributed by atoms with Crippen LogP contribution in [-0.2, 0) is 16.6 Å². The Morgan fingerprint density at radius 2 is 1.59 bits per heavy atom. The van der Waals surface area contributed by atoms with E-state index in [2.05, 4.69) is 36.1 Å². The number of carbonyl (C=O) groups excluding carboxylic acids is 1. The van der Waals surface area contributed by atoms with Crippen LogP contribution in [0.15, 0.2) is 47.4 Å². The SMILES string of the molecule is CCN(CCCCCCN1C(=O)c2cc(OC)c(OC)cc2S1(=O)=O)Cc1ccccc1. The van der Waals surface area contributed by atoms with Crippen molar-refractivity contribution in [1.29, 1.82) is 0 Å². The molecule has 0 atom stereocenters. The van der Waals surface area contributed by atoms with Gasteiger partial charge in [-0.25, -0.2) is 12.7 Å². The molecule has 2 aromatic rings. The van der Waals surface area contributed by atoms with Crippen molar-refractivity contribution in [2.45, 2.75) is 44.0 Å². The van der Waals surface area contributed by atoms with Gasteiger partial charge in [0.25, 0.3) is 15.9 Å². The summed E-state index contributed by atoms with van der Waals surface area (Å²) in [5.74, 6) is 0.133. The van der Waals surface area contributed by atoms with Crippen molar-refractivity contribution in [3.63, 3.8) is 0 Å². The summed E-state index contributed by atoms with van der Waals surface area (Å²) in [4.78, 5) is 15.1. The number of benzene rings is 2. The first-order valence-electron chi connectivity index (χ1n) is 11.0. The maximum Gasteiger partial charge on any atom is 0.269 e. The normalized spacial score (nSPS) is 14.6. The largest absolute Gasteiger partial charge is 0.493 e. The summed E-state index contributed by atoms with van der Waals surface area (Å²) < 4.78 is 37.2. The third-order valence-electron chi connectivity index (χ3n) is 5.79. The van der Waals surface area contributed by atoms with Crippen molar-refractivity contribution in [2.24, 2.45) is 0 Å². The highest BCUT2D eigenvalue weighted by atomic mass is 32.2. The van der Waals surface area contributed by atoms with Gasteiger partial charge in [-0.1, -0.05) is 50.1 Å². The Kier molecular flexibility index (Phi) is 8.15. The van der Waals surface area contributed by atoms with Crippen LogP contribution in [0.4, 0.5) is 0 Å². The van der Waals surface area contributed by atoms with Gasteiger partial charge in [-0.15, -0.1) is 0 Å². The van der Waals surface area contributed by atoms with Crippen molar-refractivity contribution >= 4 is 15.9 Å². The highest BCUT2D eigenvalue weighted by Gasteiger charge is 2.41. The van der Waals surface area contributed by atoms with E-state index in [9.17, 15) is 13.2 Å². The second-order valence-electron chi connectivity index (χ2n) is 7.85. The molecule has 3 rings (SSSR count). The number of fused-ring (bicyclic) bond motifs is 1. The molecule has 0 fully saturated rings. The minimum Gasteiger partial charge on any atom is -0.493 e. The van der Waals surface area contributed by atoms with Gasteiger partial charge in [0.15, 0.2) is 11.5 Å². The molecule has 0 aliphatic carbocycles. The van der Waals surface area contributed by atoms with Gasteiger partial charge in [-0.05, 0) is 37.6 Å². The fourth-order valence-electron chi connectivity index (χ4n) is 3.96. The van der Waals surface area contributed by atoms with E-state index >= 15 is 0 Å². The molecule has 8 heteroatoms. The minimum absolute atomic E-state index is 0.0142. The summed E-state index contributed by atoms with van der Waals surface area (Å²) in [7, 11) is -0.969. The lowest BCUT2D eigenvalue weighted by atomic mass is 10.1. The number of sulfonamides is 1. The van der Waals surface area contributed by atoms with Gasteiger partial charge >= 0.3 is 0 Å². The quantitative estimate of drug-likeness (QED) is 0.447. The van der Waals surface area contributed by atoms with E-state index in [-0.39, 0.29) is 17.0 Å². The summed E-state index contributed by atoms with van der Waals surface area (Å²) in [6.45, 7) is 5.26. The predicted molar refractivity (Wildman–Crippen MR) is 124 cm³/mol. The maximum absolute atomic E-state index is 12.9. The Morgan fingerprint density at radius 3 is 2.25 bits per heavy atom. The first kappa shape index (κ1) is 24.1. The third kappa shape index (κ3) is 5.24. The fraction of sp³-hybridized carbons (Fsp3) is 0.458. The summed E-state index contributed by atoms with van der Waals surface area (Å²) in [5.41, 5.74) is 1.45. The molecule has 1 aliphatic heterocycles. The Bertz CT molecular complexity index is 1020. The topological polar surface area (TPSA) is 76.2 Å². The number of amides is 1. The molecule has 0 radical (unpaired) electrons. The average Bonchev–Trinajstić information content (AvgIpc) is 2.99. The van der Waals surface area contributed by atoms with E-state index in [0.717, 1.165) is 43.2 Å². The number of rotatable bonds is 12. The highest BCUT2D eigenvalue weighted by Crippen LogP contribution is 2.38. The van der Waals surface area contributed by atoms with E-state index in [1.165, 1.54) is 31.9 Å². The first-order valence-corrected chi connectivity index (χ1v) is 12.5. The van der Waals surface area contributed by atoms with Crippen LogP contribution in [0.1, 0.15) is 48.5 Å². The van der Waals surface area contributed by atoms with E-state index < -0.39 is 15.9 Å². The number of carbonyl (C=O) groups is 1. The van der Waals surface area contributed by atoms with Crippen LogP contribution in [0.5, 0.6) is 11.5 Å². The van der Waals surface area contributed by atoms with Crippen LogP contribution >= 0.6 is 0 Å². The Hall–Kier alpha value is -2.58. The second kappa shape index (κ2) is 10.8. The van der Waals surface area contributed by atoms with Crippen molar-refractivity contribution in [3.8, 4) is 11.5 Å². The average molecular weight is 461 g/mol. The lowest BCUT2D eigenvalue weighted by Gasteiger charge is -2.20. The number of unbranched alkanes of at least 4 members (excludes halogenated alkanes) is 3. The van der Waals surface area contributed by atoms with Gasteiger partial charge in [0.1, 0.15) is 4.90 Å². The van der Waals surface area contributed by atoms with Gasteiger partial charge in [0.05, 0.1) is 19.8 Å². The zero-order chi connectivity index (χ0) is 23.1. The lowest BCUT2D eigenvalue weighted by molar-refractivity contribution is 0.0869. The molecule has 2 aromatic carbocycles. The van der Waals surface area contributed by atoms with Crippen LogP contribution in [0.3, 0.4) is 0 Å². The van der Waals surface area contributed by atoms with Crippen LogP contribution in [0.2, 0.25) is 0 Å². The van der Waals surface area contributed by atoms with Crippen LogP contribution < -0.4 is 9.47 Å². The third-order valence-corrected chi connectivity index (χ3v) is 7.61. The molecule has 32 heavy (non-hydrogen) atoms. The number of nitrogens with zero attached hydrogens (tertiary/aromatic N) is 2. The molecule has 174 valence electrons. The molecule has 1 aliphatic rings. The van der Waals surface area contributed by atoms with Crippen LogP contribution in [0, 0.1) is 0 Å². The van der Waals surface area contributed by atoms with Crippen molar-refractivity contribution in [3.05, 3.63) is 53.6 Å². The Balaban J connectivity index is 1.49. The van der Waals surface area contributed by atoms with Gasteiger partial charge in [0, 0.05) is 19.2 Å². The van der Waals surface area contributed by atoms with Gasteiger partial charge in [-0.3, -0.25) is 9.69 Å². The number of ether oxygens (including phenoxy) is 2. The molecule has 0 bridgehead atoms. The summed E-state index contributed by atoms with van der Waals surface area (Å²) >= 11 is 0. The van der Waals surface area contributed by atoms with E-state index in [4.69, 9.17) is 9.47 Å². The minimum atomic E-state index is -3.86. The lowest BCUT2D eigenvalue weighted by Crippen LogP contribution is -2.31. The molecule has 0 spiro atoms. The highest BCUT2D eigenvalue weighted by molar-refractivity contribution is 7.90. The van der Waals surface area contributed by atoms with Gasteiger partial charge in [-0.2, -0.15) is 0 Å². The summed E-state index contributed by atoms with van der Waals surface area (Å²) in [6.07, 6.45) is 3.53. The molecule has 0 aromatic heterocycles. The zero-order valence-corrected chi connectivity index (χ0v) is 19.9. The molecule has 1 amide bonds. The number of hydrogen-bond acceptors (Lipinski definition) is 6. The summed E-state index contributed by atoms with van der Waals surface area (Å²) in [6, 6.07) is 13.2. The Labute approximate surface area is 191 Å². The molecular formula is C24H32N2O5S. The smallest absolute Gasteiger partial charge is 0.269 e. The summed E-state index contributed by atoms with van der Waals surface area (Å²) in [5, 5.41) is 0. The van der Waals surface area contributed by atoms with E-state index in [0.29, 0.717) is 17.9 Å². The molecule has 0 saturated heterocycles. The molecule has 0 unspecified atom stereocenters. The van der Waals surface area contributed by atoms with Gasteiger partial charge in [0.2, 0.25) is 0 Å². The molecule has 7 nitrogen and oxygen atoms in total. The monoisotopic (exact) mass is 460 g/mol. The van der Waals surface area contributed by atoms with E-state index in [1.807, 2.05) is 6.07 Å². The second-order valence-corrected chi connectivity index (χ2v) is 9.68. The molecular weight excluding hydrogens is 428 g/mol. The van der Waals surface area contributed by atoms with Crippen molar-refractivity contribution < 1.29 is 22.7 Å². The molecule has 1 heterocycles. The van der Waals surface area contributed by atoms with Crippen molar-refractivity contribution in [1.82, 2.24) is 9.21 Å². The standard InChI is InChI=1S/C24H32N2O5S/c1-4-25(18-19-12-8-7-9-13-19)14-10-5-6-11-15-26-24(27)20-16-21(30-2)22(31-3)17-23(20)32(26,28)29/h7-9,12-13,16-17H,4-6,10-11,14-15,18H2,1-3H3. The van der Waals surface area contributed by atoms with E-state index in [1.54, 1.807) is 0 Å². The maximum atomic E-state index is 12.9. The first-order chi connectivity index (χ1) is 15.4. The number of hydrogen-bond donors (Lipinski definition) is 0. The molecule has 0 N–H and O–H groups in total. The zero-order valence-electron chi connectivity index (χ0n) is 19.0. The van der Waals surface area contributed by atoms with Crippen LogP contribution in [-0.4, -0.2) is 57.4 Å². The molecule has 0 saturated carbocycles. The van der Waals surface area contributed by atoms with Crippen molar-refractivity contribution in [2.75, 3.05) is 33.9 Å². The van der Waals surface area contributed by atoms with Crippen LogP contribution in [0.25, 0.3) is 0 Å². The fourth-order valence-corrected chi connectivity index (χ4v) is 5.56. The predicted octanol–water partition coefficient (Wildman–Crippen LogP) is 3.93.